The molecule has 0 radical (unpaired) electrons. The zero-order valence-corrected chi connectivity index (χ0v) is 10.9. The summed E-state index contributed by atoms with van der Waals surface area (Å²) in [5.41, 5.74) is 0.590. The average Bonchev–Trinajstić information content (AvgIpc) is 2.40. The molecule has 5 nitrogen and oxygen atoms in total. The van der Waals surface area contributed by atoms with Gasteiger partial charge in [0.15, 0.2) is 11.6 Å². The number of aromatic amines is 1. The molecule has 2 N–H and O–H groups in total. The number of hydrogen-bond donors (Lipinski definition) is 2. The van der Waals surface area contributed by atoms with E-state index in [1.165, 1.54) is 25.1 Å². The third-order valence-electron chi connectivity index (χ3n) is 3.61. The van der Waals surface area contributed by atoms with Gasteiger partial charge in [0.25, 0.3) is 5.56 Å². The Balaban J connectivity index is 2.48. The van der Waals surface area contributed by atoms with Gasteiger partial charge in [0, 0.05) is 22.4 Å². The minimum atomic E-state index is -0.487. The fourth-order valence-corrected chi connectivity index (χ4v) is 2.61. The summed E-state index contributed by atoms with van der Waals surface area (Å²) in [4.78, 5) is 39.4. The lowest BCUT2D eigenvalue weighted by Crippen LogP contribution is -2.28. The third kappa shape index (κ3) is 1.40. The van der Waals surface area contributed by atoms with Gasteiger partial charge in [0.2, 0.25) is 0 Å². The fourth-order valence-electron chi connectivity index (χ4n) is 2.61. The molecule has 1 heterocycles. The lowest BCUT2D eigenvalue weighted by atomic mass is 9.81. The standard InChI is InChI=1S/C15H11NO4/c1-6-10-11(7(2)16-15(6)20)13(18)8-4-3-5-9(17)12(8)14(10)19/h3-5,17H,1-2H3,(H,16,20). The molecule has 1 aliphatic carbocycles. The van der Waals surface area contributed by atoms with E-state index < -0.39 is 11.3 Å². The highest BCUT2D eigenvalue weighted by atomic mass is 16.3. The van der Waals surface area contributed by atoms with Crippen LogP contribution in [0.3, 0.4) is 0 Å². The van der Waals surface area contributed by atoms with Crippen LogP contribution in [0.15, 0.2) is 23.0 Å². The smallest absolute Gasteiger partial charge is 0.251 e. The van der Waals surface area contributed by atoms with E-state index >= 15 is 0 Å². The van der Waals surface area contributed by atoms with Crippen LogP contribution in [0.1, 0.15) is 43.1 Å². The van der Waals surface area contributed by atoms with Gasteiger partial charge in [-0.25, -0.2) is 0 Å². The van der Waals surface area contributed by atoms with Crippen molar-refractivity contribution >= 4 is 11.6 Å². The summed E-state index contributed by atoms with van der Waals surface area (Å²) < 4.78 is 0. The molecule has 0 saturated heterocycles. The van der Waals surface area contributed by atoms with Gasteiger partial charge in [-0.15, -0.1) is 0 Å². The SMILES string of the molecule is Cc1[nH]c(=O)c(C)c2c1C(=O)c1cccc(O)c1C2=O. The molecule has 0 bridgehead atoms. The van der Waals surface area contributed by atoms with Crippen LogP contribution in [-0.2, 0) is 0 Å². The average molecular weight is 269 g/mol. The highest BCUT2D eigenvalue weighted by Crippen LogP contribution is 2.33. The first kappa shape index (κ1) is 12.3. The number of carbonyl (C=O) groups is 2. The number of fused-ring (bicyclic) bond motifs is 2. The minimum absolute atomic E-state index is 0.0295. The number of benzene rings is 1. The van der Waals surface area contributed by atoms with Gasteiger partial charge < -0.3 is 10.1 Å². The van der Waals surface area contributed by atoms with E-state index in [0.29, 0.717) is 5.69 Å². The van der Waals surface area contributed by atoms with E-state index in [2.05, 4.69) is 4.98 Å². The Labute approximate surface area is 113 Å². The van der Waals surface area contributed by atoms with Crippen LogP contribution in [0.5, 0.6) is 5.75 Å². The van der Waals surface area contributed by atoms with Gasteiger partial charge in [-0.2, -0.15) is 0 Å². The van der Waals surface area contributed by atoms with Crippen molar-refractivity contribution in [2.75, 3.05) is 0 Å². The first-order valence-electron chi connectivity index (χ1n) is 6.08. The second kappa shape index (κ2) is 3.90. The number of ketones is 2. The van der Waals surface area contributed by atoms with Crippen molar-refractivity contribution in [2.24, 2.45) is 0 Å². The molecule has 0 amide bonds. The number of aromatic hydroxyl groups is 1. The summed E-state index contributed by atoms with van der Waals surface area (Å²) in [7, 11) is 0. The predicted molar refractivity (Wildman–Crippen MR) is 71.5 cm³/mol. The Morgan fingerprint density at radius 2 is 1.65 bits per heavy atom. The molecule has 3 rings (SSSR count). The van der Waals surface area contributed by atoms with E-state index in [4.69, 9.17) is 0 Å². The number of aromatic nitrogens is 1. The molecule has 0 unspecified atom stereocenters. The minimum Gasteiger partial charge on any atom is -0.507 e. The van der Waals surface area contributed by atoms with E-state index in [0.717, 1.165) is 0 Å². The van der Waals surface area contributed by atoms with Crippen LogP contribution >= 0.6 is 0 Å². The second-order valence-corrected chi connectivity index (χ2v) is 4.81. The van der Waals surface area contributed by atoms with Crippen molar-refractivity contribution in [3.8, 4) is 5.75 Å². The van der Waals surface area contributed by atoms with Crippen molar-refractivity contribution in [3.63, 3.8) is 0 Å². The summed E-state index contributed by atoms with van der Waals surface area (Å²) in [5.74, 6) is -1.09. The number of nitrogens with one attached hydrogen (secondary N) is 1. The number of pyridine rings is 1. The van der Waals surface area contributed by atoms with Crippen LogP contribution < -0.4 is 5.56 Å². The molecule has 0 aliphatic heterocycles. The Morgan fingerprint density at radius 3 is 2.35 bits per heavy atom. The maximum absolute atomic E-state index is 12.5. The summed E-state index contributed by atoms with van der Waals surface area (Å²) >= 11 is 0. The molecule has 100 valence electrons. The van der Waals surface area contributed by atoms with Gasteiger partial charge in [-0.05, 0) is 19.9 Å². The van der Waals surface area contributed by atoms with Gasteiger partial charge >= 0.3 is 0 Å². The summed E-state index contributed by atoms with van der Waals surface area (Å²) in [6.45, 7) is 3.08. The highest BCUT2D eigenvalue weighted by Gasteiger charge is 2.35. The van der Waals surface area contributed by atoms with Crippen molar-refractivity contribution in [3.05, 3.63) is 62.1 Å². The molecule has 0 saturated carbocycles. The molecule has 20 heavy (non-hydrogen) atoms. The first-order chi connectivity index (χ1) is 9.43. The lowest BCUT2D eigenvalue weighted by molar-refractivity contribution is 0.0975. The Kier molecular flexibility index (Phi) is 2.41. The largest absolute Gasteiger partial charge is 0.507 e. The summed E-state index contributed by atoms with van der Waals surface area (Å²) in [6.07, 6.45) is 0. The third-order valence-corrected chi connectivity index (χ3v) is 3.61. The summed E-state index contributed by atoms with van der Waals surface area (Å²) in [6, 6.07) is 4.36. The maximum Gasteiger partial charge on any atom is 0.251 e. The molecule has 0 fully saturated rings. The normalized spacial score (nSPS) is 13.1. The van der Waals surface area contributed by atoms with E-state index in [1.807, 2.05) is 0 Å². The van der Waals surface area contributed by atoms with E-state index in [-0.39, 0.29) is 39.4 Å². The van der Waals surface area contributed by atoms with Crippen LogP contribution in [0.25, 0.3) is 0 Å². The molecular formula is C15H11NO4. The van der Waals surface area contributed by atoms with Crippen LogP contribution in [-0.4, -0.2) is 21.7 Å². The van der Waals surface area contributed by atoms with Gasteiger partial charge in [-0.3, -0.25) is 14.4 Å². The number of H-pyrrole nitrogens is 1. The van der Waals surface area contributed by atoms with Gasteiger partial charge in [0.05, 0.1) is 11.1 Å². The molecule has 1 aromatic carbocycles. The highest BCUT2D eigenvalue weighted by molar-refractivity contribution is 6.30. The topological polar surface area (TPSA) is 87.2 Å². The Hall–Kier alpha value is -2.69. The number of phenols is 1. The number of carbonyl (C=O) groups excluding carboxylic acids is 2. The Morgan fingerprint density at radius 1 is 0.950 bits per heavy atom. The molecule has 2 aromatic rings. The van der Waals surface area contributed by atoms with Crippen molar-refractivity contribution in [1.82, 2.24) is 4.98 Å². The predicted octanol–water partition coefficient (Wildman–Crippen LogP) is 1.47. The quantitative estimate of drug-likeness (QED) is 0.647. The van der Waals surface area contributed by atoms with Gasteiger partial charge in [-0.1, -0.05) is 12.1 Å². The lowest BCUT2D eigenvalue weighted by Gasteiger charge is -2.20. The van der Waals surface area contributed by atoms with Crippen molar-refractivity contribution < 1.29 is 14.7 Å². The maximum atomic E-state index is 12.5. The number of hydrogen-bond acceptors (Lipinski definition) is 4. The number of rotatable bonds is 0. The second-order valence-electron chi connectivity index (χ2n) is 4.81. The number of phenolic OH excluding ortho intramolecular Hbond substituents is 1. The molecule has 1 aliphatic rings. The fraction of sp³-hybridized carbons (Fsp3) is 0.133. The van der Waals surface area contributed by atoms with Crippen LogP contribution in [0.4, 0.5) is 0 Å². The number of aryl methyl sites for hydroxylation is 1. The zero-order chi connectivity index (χ0) is 14.6. The first-order valence-corrected chi connectivity index (χ1v) is 6.08. The van der Waals surface area contributed by atoms with Crippen LogP contribution in [0.2, 0.25) is 0 Å². The van der Waals surface area contributed by atoms with Gasteiger partial charge in [0.1, 0.15) is 5.75 Å². The summed E-state index contributed by atoms with van der Waals surface area (Å²) in [5, 5.41) is 9.84. The molecule has 0 atom stereocenters. The van der Waals surface area contributed by atoms with E-state index in [9.17, 15) is 19.5 Å². The van der Waals surface area contributed by atoms with Crippen molar-refractivity contribution in [1.29, 1.82) is 0 Å². The van der Waals surface area contributed by atoms with Crippen LogP contribution in [0, 0.1) is 13.8 Å². The zero-order valence-electron chi connectivity index (χ0n) is 10.9. The molecular weight excluding hydrogens is 258 g/mol. The Bertz CT molecular complexity index is 846. The molecule has 5 heteroatoms. The molecule has 1 aromatic heterocycles. The van der Waals surface area contributed by atoms with E-state index in [1.54, 1.807) is 6.92 Å². The molecule has 0 spiro atoms. The monoisotopic (exact) mass is 269 g/mol. The van der Waals surface area contributed by atoms with Crippen molar-refractivity contribution in [2.45, 2.75) is 13.8 Å².